The van der Waals surface area contributed by atoms with Crippen molar-refractivity contribution in [2.24, 2.45) is 0 Å². The quantitative estimate of drug-likeness (QED) is 0.246. The highest BCUT2D eigenvalue weighted by Gasteiger charge is 2.17. The van der Waals surface area contributed by atoms with Crippen molar-refractivity contribution in [3.8, 4) is 5.75 Å². The maximum atomic E-state index is 12.1. The third-order valence-corrected chi connectivity index (χ3v) is 6.10. The second-order valence-electron chi connectivity index (χ2n) is 5.52. The average Bonchev–Trinajstić information content (AvgIpc) is 3.12. The fraction of sp³-hybridized carbons (Fsp3) is 0.200. The van der Waals surface area contributed by atoms with Crippen LogP contribution in [0.3, 0.4) is 0 Å². The number of ether oxygens (including phenoxy) is 3. The van der Waals surface area contributed by atoms with E-state index in [4.69, 9.17) is 14.2 Å². The lowest BCUT2D eigenvalue weighted by molar-refractivity contribution is -0.133. The van der Waals surface area contributed by atoms with Gasteiger partial charge in [0.25, 0.3) is 0 Å². The Morgan fingerprint density at radius 2 is 2.00 bits per heavy atom. The van der Waals surface area contributed by atoms with Gasteiger partial charge in [-0.25, -0.2) is 9.78 Å². The number of rotatable bonds is 7. The highest BCUT2D eigenvalue weighted by atomic mass is 32.2. The zero-order chi connectivity index (χ0) is 19.2. The zero-order valence-corrected chi connectivity index (χ0v) is 16.9. The Labute approximate surface area is 166 Å². The van der Waals surface area contributed by atoms with Gasteiger partial charge in [0.15, 0.2) is 4.34 Å². The predicted molar refractivity (Wildman–Crippen MR) is 109 cm³/mol. The standard InChI is InChI=1S/C20H19NO4S2/c1-23-11-16(19(22)25-3)15-7-5-4-6-13(15)12-26-20-21-17-10-14(24-2)8-9-18(17)27-20/h4-11H,12H2,1-3H3/b16-11+. The molecule has 27 heavy (non-hydrogen) atoms. The van der Waals surface area contributed by atoms with Gasteiger partial charge in [-0.05, 0) is 23.3 Å². The molecule has 0 radical (unpaired) electrons. The van der Waals surface area contributed by atoms with Crippen molar-refractivity contribution in [2.75, 3.05) is 21.3 Å². The molecule has 0 amide bonds. The maximum Gasteiger partial charge on any atom is 0.341 e. The van der Waals surface area contributed by atoms with Crippen molar-refractivity contribution in [1.29, 1.82) is 0 Å². The summed E-state index contributed by atoms with van der Waals surface area (Å²) in [6.07, 6.45) is 1.42. The lowest BCUT2D eigenvalue weighted by atomic mass is 10.0. The molecule has 0 aliphatic carbocycles. The van der Waals surface area contributed by atoms with Crippen LogP contribution in [-0.4, -0.2) is 32.3 Å². The molecular weight excluding hydrogens is 382 g/mol. The van der Waals surface area contributed by atoms with Crippen LogP contribution in [0.1, 0.15) is 11.1 Å². The van der Waals surface area contributed by atoms with Crippen LogP contribution >= 0.6 is 23.1 Å². The third kappa shape index (κ3) is 4.43. The largest absolute Gasteiger partial charge is 0.503 e. The summed E-state index contributed by atoms with van der Waals surface area (Å²) in [5.74, 6) is 1.04. The molecule has 3 aromatic rings. The van der Waals surface area contributed by atoms with E-state index in [0.717, 1.165) is 31.4 Å². The van der Waals surface area contributed by atoms with E-state index in [0.29, 0.717) is 11.3 Å². The fourth-order valence-corrected chi connectivity index (χ4v) is 4.63. The molecule has 0 unspecified atom stereocenters. The fourth-order valence-electron chi connectivity index (χ4n) is 2.57. The van der Waals surface area contributed by atoms with E-state index in [1.165, 1.54) is 20.5 Å². The summed E-state index contributed by atoms with van der Waals surface area (Å²) in [5.41, 5.74) is 3.12. The average molecular weight is 402 g/mol. The molecule has 140 valence electrons. The summed E-state index contributed by atoms with van der Waals surface area (Å²) in [5, 5.41) is 0. The van der Waals surface area contributed by atoms with E-state index in [-0.39, 0.29) is 0 Å². The van der Waals surface area contributed by atoms with Gasteiger partial charge < -0.3 is 14.2 Å². The Morgan fingerprint density at radius 1 is 1.19 bits per heavy atom. The molecule has 0 spiro atoms. The second-order valence-corrected chi connectivity index (χ2v) is 7.77. The van der Waals surface area contributed by atoms with Crippen LogP contribution in [0, 0.1) is 0 Å². The normalized spacial score (nSPS) is 11.4. The van der Waals surface area contributed by atoms with E-state index in [9.17, 15) is 4.79 Å². The molecule has 5 nitrogen and oxygen atoms in total. The third-order valence-electron chi connectivity index (χ3n) is 3.87. The topological polar surface area (TPSA) is 57.7 Å². The van der Waals surface area contributed by atoms with Gasteiger partial charge in [-0.1, -0.05) is 36.0 Å². The summed E-state index contributed by atoms with van der Waals surface area (Å²) in [6.45, 7) is 0. The number of carbonyl (C=O) groups excluding carboxylic acids is 1. The first-order valence-electron chi connectivity index (χ1n) is 8.13. The number of thiazole rings is 1. The molecule has 0 bridgehead atoms. The molecule has 0 atom stereocenters. The van der Waals surface area contributed by atoms with Crippen LogP contribution in [0.4, 0.5) is 0 Å². The summed E-state index contributed by atoms with van der Waals surface area (Å²) in [6, 6.07) is 13.6. The van der Waals surface area contributed by atoms with Gasteiger partial charge in [0.2, 0.25) is 0 Å². The Hall–Kier alpha value is -2.51. The van der Waals surface area contributed by atoms with Gasteiger partial charge in [-0.15, -0.1) is 11.3 Å². The van der Waals surface area contributed by atoms with Gasteiger partial charge >= 0.3 is 5.97 Å². The number of thioether (sulfide) groups is 1. The predicted octanol–water partition coefficient (Wildman–Crippen LogP) is 4.76. The summed E-state index contributed by atoms with van der Waals surface area (Å²) in [7, 11) is 4.51. The summed E-state index contributed by atoms with van der Waals surface area (Å²) < 4.78 is 17.3. The summed E-state index contributed by atoms with van der Waals surface area (Å²) in [4.78, 5) is 16.8. The number of esters is 1. The highest BCUT2D eigenvalue weighted by Crippen LogP contribution is 2.34. The minimum atomic E-state index is -0.429. The Balaban J connectivity index is 1.84. The van der Waals surface area contributed by atoms with E-state index in [1.54, 1.807) is 30.2 Å². The van der Waals surface area contributed by atoms with E-state index in [1.807, 2.05) is 42.5 Å². The SMILES string of the molecule is CO/C=C(/C(=O)OC)c1ccccc1CSc1nc2cc(OC)ccc2s1. The van der Waals surface area contributed by atoms with Gasteiger partial charge in [0.1, 0.15) is 11.3 Å². The first-order valence-corrected chi connectivity index (χ1v) is 9.93. The number of hydrogen-bond acceptors (Lipinski definition) is 7. The van der Waals surface area contributed by atoms with Gasteiger partial charge in [0, 0.05) is 11.8 Å². The van der Waals surface area contributed by atoms with Crippen LogP contribution in [0.25, 0.3) is 15.8 Å². The highest BCUT2D eigenvalue weighted by molar-refractivity contribution is 8.00. The van der Waals surface area contributed by atoms with Gasteiger partial charge in [-0.2, -0.15) is 0 Å². The number of carbonyl (C=O) groups is 1. The second kappa shape index (κ2) is 8.92. The smallest absolute Gasteiger partial charge is 0.341 e. The van der Waals surface area contributed by atoms with Crippen molar-refractivity contribution in [3.63, 3.8) is 0 Å². The molecule has 2 aromatic carbocycles. The van der Waals surface area contributed by atoms with E-state index >= 15 is 0 Å². The van der Waals surface area contributed by atoms with Crippen molar-refractivity contribution in [1.82, 2.24) is 4.98 Å². The van der Waals surface area contributed by atoms with Crippen LogP contribution in [0.15, 0.2) is 53.1 Å². The molecular formula is C20H19NO4S2. The lowest BCUT2D eigenvalue weighted by Crippen LogP contribution is -2.06. The number of nitrogens with zero attached hydrogens (tertiary/aromatic N) is 1. The Bertz CT molecular complexity index is 981. The molecule has 0 saturated heterocycles. The molecule has 0 aliphatic heterocycles. The first-order chi connectivity index (χ1) is 13.2. The molecule has 0 saturated carbocycles. The minimum Gasteiger partial charge on any atom is -0.503 e. The number of fused-ring (bicyclic) bond motifs is 1. The Kier molecular flexibility index (Phi) is 6.36. The van der Waals surface area contributed by atoms with Crippen LogP contribution in [0.5, 0.6) is 5.75 Å². The molecule has 3 rings (SSSR count). The van der Waals surface area contributed by atoms with Crippen LogP contribution in [-0.2, 0) is 20.0 Å². The maximum absolute atomic E-state index is 12.1. The molecule has 1 heterocycles. The van der Waals surface area contributed by atoms with Crippen LogP contribution in [0.2, 0.25) is 0 Å². The molecule has 7 heteroatoms. The molecule has 0 aliphatic rings. The van der Waals surface area contributed by atoms with E-state index in [2.05, 4.69) is 4.98 Å². The van der Waals surface area contributed by atoms with Crippen molar-refractivity contribution < 1.29 is 19.0 Å². The number of benzene rings is 2. The zero-order valence-electron chi connectivity index (χ0n) is 15.2. The first kappa shape index (κ1) is 19.3. The van der Waals surface area contributed by atoms with Gasteiger partial charge in [0.05, 0.1) is 37.8 Å². The monoisotopic (exact) mass is 401 g/mol. The number of aromatic nitrogens is 1. The molecule has 0 N–H and O–H groups in total. The lowest BCUT2D eigenvalue weighted by Gasteiger charge is -2.10. The summed E-state index contributed by atoms with van der Waals surface area (Å²) >= 11 is 3.26. The number of methoxy groups -OCH3 is 3. The van der Waals surface area contributed by atoms with Crippen molar-refractivity contribution in [3.05, 3.63) is 59.9 Å². The van der Waals surface area contributed by atoms with E-state index < -0.39 is 5.97 Å². The minimum absolute atomic E-state index is 0.394. The van der Waals surface area contributed by atoms with Crippen LogP contribution < -0.4 is 4.74 Å². The van der Waals surface area contributed by atoms with Crippen molar-refractivity contribution >= 4 is 44.9 Å². The molecule has 0 fully saturated rings. The van der Waals surface area contributed by atoms with Gasteiger partial charge in [-0.3, -0.25) is 0 Å². The molecule has 1 aromatic heterocycles. The van der Waals surface area contributed by atoms with Crippen molar-refractivity contribution in [2.45, 2.75) is 10.1 Å². The Morgan fingerprint density at radius 3 is 2.74 bits per heavy atom. The number of hydrogen-bond donors (Lipinski definition) is 0.